The lowest BCUT2D eigenvalue weighted by molar-refractivity contribution is -0.192. The van der Waals surface area contributed by atoms with Crippen molar-refractivity contribution < 1.29 is 62.2 Å². The molecule has 4 N–H and O–H groups in total. The van der Waals surface area contributed by atoms with Crippen LogP contribution in [-0.4, -0.2) is 94.0 Å². The van der Waals surface area contributed by atoms with E-state index < -0.39 is 53.7 Å². The fourth-order valence-electron chi connectivity index (χ4n) is 6.02. The third kappa shape index (κ3) is 4.16. The molecule has 1 unspecified atom stereocenters. The van der Waals surface area contributed by atoms with Crippen molar-refractivity contribution in [3.8, 4) is 11.5 Å². The highest BCUT2D eigenvalue weighted by molar-refractivity contribution is 5.81. The van der Waals surface area contributed by atoms with Gasteiger partial charge in [-0.3, -0.25) is 4.79 Å². The smallest absolute Gasteiger partial charge is 0.490 e. The van der Waals surface area contributed by atoms with Crippen LogP contribution in [0, 0.1) is 0 Å². The summed E-state index contributed by atoms with van der Waals surface area (Å²) in [5.74, 6) is -3.84. The van der Waals surface area contributed by atoms with Crippen molar-refractivity contribution >= 4 is 17.9 Å². The molecular weight excluding hydrogens is 519 g/mol. The van der Waals surface area contributed by atoms with E-state index in [-0.39, 0.29) is 18.2 Å². The number of carboxylic acids is 2. The Balaban J connectivity index is 0.000000426. The van der Waals surface area contributed by atoms with E-state index in [4.69, 9.17) is 29.2 Å². The van der Waals surface area contributed by atoms with Gasteiger partial charge in [-0.1, -0.05) is 6.07 Å². The van der Waals surface area contributed by atoms with Gasteiger partial charge in [0.1, 0.15) is 5.76 Å². The molecule has 0 aromatic heterocycles. The number of carboxylic acid groups (broad SMARTS) is 2. The maximum absolute atomic E-state index is 12.4. The number of rotatable bonds is 5. The summed E-state index contributed by atoms with van der Waals surface area (Å²) in [6.07, 6.45) is -5.29. The van der Waals surface area contributed by atoms with Crippen molar-refractivity contribution in [2.75, 3.05) is 20.7 Å². The van der Waals surface area contributed by atoms with Crippen LogP contribution in [0.4, 0.5) is 13.2 Å². The average Bonchev–Trinajstić information content (AvgIpc) is 3.18. The van der Waals surface area contributed by atoms with E-state index in [0.717, 1.165) is 17.7 Å². The number of alkyl halides is 3. The van der Waals surface area contributed by atoms with Crippen LogP contribution in [0.5, 0.6) is 11.5 Å². The third-order valence-electron chi connectivity index (χ3n) is 7.66. The number of halogens is 3. The molecule has 1 aromatic carbocycles. The zero-order chi connectivity index (χ0) is 28.2. The number of nitrogens with zero attached hydrogens (tertiary/aromatic N) is 1. The van der Waals surface area contributed by atoms with Crippen molar-refractivity contribution in [3.05, 3.63) is 35.1 Å². The molecular formula is C24H26F3NO10. The predicted octanol–water partition coefficient (Wildman–Crippen LogP) is 0.985. The summed E-state index contributed by atoms with van der Waals surface area (Å²) in [4.78, 5) is 34.3. The van der Waals surface area contributed by atoms with Gasteiger partial charge in [-0.05, 0) is 44.1 Å². The minimum absolute atomic E-state index is 0.134. The number of hydrogen-bond acceptors (Lipinski definition) is 9. The summed E-state index contributed by atoms with van der Waals surface area (Å²) in [5, 5.41) is 37.9. The van der Waals surface area contributed by atoms with Gasteiger partial charge >= 0.3 is 24.1 Å². The molecule has 0 radical (unpaired) electrons. The minimum Gasteiger partial charge on any atom is -0.493 e. The molecule has 5 rings (SSSR count). The number of benzene rings is 1. The molecule has 2 heterocycles. The number of piperidine rings is 1. The van der Waals surface area contributed by atoms with Crippen LogP contribution in [-0.2, 0) is 31.0 Å². The quantitative estimate of drug-likeness (QED) is 0.390. The van der Waals surface area contributed by atoms with Gasteiger partial charge in [-0.2, -0.15) is 13.2 Å². The number of methoxy groups -OCH3 is 1. The van der Waals surface area contributed by atoms with Crippen LogP contribution in [0.1, 0.15) is 30.4 Å². The van der Waals surface area contributed by atoms with Gasteiger partial charge in [0.2, 0.25) is 0 Å². The molecule has 11 nitrogen and oxygen atoms in total. The van der Waals surface area contributed by atoms with E-state index in [2.05, 4.69) is 4.90 Å². The van der Waals surface area contributed by atoms with Gasteiger partial charge in [-0.15, -0.1) is 0 Å². The van der Waals surface area contributed by atoms with E-state index in [9.17, 15) is 33.0 Å². The topological polar surface area (TPSA) is 163 Å². The van der Waals surface area contributed by atoms with Crippen molar-refractivity contribution in [2.45, 2.75) is 61.1 Å². The largest absolute Gasteiger partial charge is 0.493 e. The Hall–Kier alpha value is -3.36. The van der Waals surface area contributed by atoms with Crippen molar-refractivity contribution in [1.82, 2.24) is 4.90 Å². The highest BCUT2D eigenvalue weighted by Crippen LogP contribution is 2.65. The zero-order valence-corrected chi connectivity index (χ0v) is 20.3. The molecule has 14 heteroatoms. The highest BCUT2D eigenvalue weighted by atomic mass is 19.4. The lowest BCUT2D eigenvalue weighted by Gasteiger charge is -2.61. The molecule has 1 aromatic rings. The van der Waals surface area contributed by atoms with Crippen LogP contribution in [0.3, 0.4) is 0 Å². The minimum atomic E-state index is -5.08. The number of hydrogen-bond donors (Lipinski definition) is 4. The molecule has 4 aliphatic rings. The first-order chi connectivity index (χ1) is 17.7. The van der Waals surface area contributed by atoms with E-state index in [1.807, 2.05) is 19.2 Å². The number of carbonyl (C=O) groups is 3. The Labute approximate surface area is 214 Å². The second kappa shape index (κ2) is 9.43. The maximum Gasteiger partial charge on any atom is 0.490 e. The second-order valence-corrected chi connectivity index (χ2v) is 9.62. The molecule has 0 saturated carbocycles. The summed E-state index contributed by atoms with van der Waals surface area (Å²) in [5.41, 5.74) is 0.00341. The average molecular weight is 545 g/mol. The Bertz CT molecular complexity index is 1200. The molecule has 2 aliphatic carbocycles. The second-order valence-electron chi connectivity index (χ2n) is 9.62. The number of aliphatic hydroxyl groups is 2. The number of aliphatic hydroxyl groups excluding tert-OH is 1. The fourth-order valence-corrected chi connectivity index (χ4v) is 6.02. The molecule has 1 fully saturated rings. The Morgan fingerprint density at radius 3 is 2.50 bits per heavy atom. The number of ether oxygens (including phenoxy) is 3. The van der Waals surface area contributed by atoms with E-state index in [1.165, 1.54) is 0 Å². The monoisotopic (exact) mass is 545 g/mol. The molecule has 1 saturated heterocycles. The first-order valence-corrected chi connectivity index (χ1v) is 11.6. The van der Waals surface area contributed by atoms with Gasteiger partial charge in [0.25, 0.3) is 0 Å². The molecule has 0 amide bonds. The molecule has 2 bridgehead atoms. The summed E-state index contributed by atoms with van der Waals surface area (Å²) in [7, 11) is 3.55. The fraction of sp³-hybridized carbons (Fsp3) is 0.542. The van der Waals surface area contributed by atoms with Gasteiger partial charge in [0.15, 0.2) is 23.7 Å². The van der Waals surface area contributed by atoms with Crippen LogP contribution in [0.25, 0.3) is 0 Å². The molecule has 5 atom stereocenters. The van der Waals surface area contributed by atoms with Crippen molar-refractivity contribution in [3.63, 3.8) is 0 Å². The Morgan fingerprint density at radius 2 is 1.92 bits per heavy atom. The van der Waals surface area contributed by atoms with Crippen LogP contribution >= 0.6 is 0 Å². The Morgan fingerprint density at radius 1 is 1.26 bits per heavy atom. The van der Waals surface area contributed by atoms with Gasteiger partial charge in [-0.25, -0.2) is 9.59 Å². The highest BCUT2D eigenvalue weighted by Gasteiger charge is 2.72. The van der Waals surface area contributed by atoms with E-state index in [1.54, 1.807) is 13.2 Å². The van der Waals surface area contributed by atoms with E-state index in [0.29, 0.717) is 24.3 Å². The Kier molecular flexibility index (Phi) is 6.87. The maximum atomic E-state index is 12.4. The number of esters is 1. The lowest BCUT2D eigenvalue weighted by Crippen LogP contribution is -2.74. The van der Waals surface area contributed by atoms with E-state index >= 15 is 0 Å². The standard InChI is InChI=1S/C22H25NO8.C2HF3O2/c1-23-8-7-21-17-11-3-4-13(29-2)18(17)31-19(21)14(5-6-22(21,28)15(23)9-11)30-20(27)12(24)10-16(25)26;3-2(4,5)1(6)7/h3-5,12,15,19,24,28H,6-10H2,1-2H3,(H,25,26);(H,6,7)/t12?,15-,19+,21+,22-;/m1./s1. The summed E-state index contributed by atoms with van der Waals surface area (Å²) < 4.78 is 49.0. The van der Waals surface area contributed by atoms with Crippen LogP contribution < -0.4 is 9.47 Å². The van der Waals surface area contributed by atoms with Gasteiger partial charge < -0.3 is 39.5 Å². The van der Waals surface area contributed by atoms with Crippen molar-refractivity contribution in [1.29, 1.82) is 0 Å². The van der Waals surface area contributed by atoms with Crippen LogP contribution in [0.15, 0.2) is 24.0 Å². The van der Waals surface area contributed by atoms with Gasteiger partial charge in [0.05, 0.1) is 24.5 Å². The molecule has 2 aliphatic heterocycles. The summed E-state index contributed by atoms with van der Waals surface area (Å²) in [6.45, 7) is 0.728. The number of aliphatic carboxylic acids is 2. The van der Waals surface area contributed by atoms with Crippen molar-refractivity contribution in [2.24, 2.45) is 0 Å². The number of likely N-dealkylation sites (tertiary alicyclic amines) is 1. The number of carbonyl (C=O) groups excluding carboxylic acids is 1. The molecule has 38 heavy (non-hydrogen) atoms. The lowest BCUT2D eigenvalue weighted by atomic mass is 9.50. The SMILES string of the molecule is COc1ccc2c3c1O[C@H]1C(OC(=O)C(O)CC(=O)O)=CC[C@@]4(O)[C@@H](C2)N(C)CC[C@]314.O=C(O)C(F)(F)F. The first-order valence-electron chi connectivity index (χ1n) is 11.6. The summed E-state index contributed by atoms with van der Waals surface area (Å²) >= 11 is 0. The number of likely N-dealkylation sites (N-methyl/N-ethyl adjacent to an activating group) is 1. The van der Waals surface area contributed by atoms with Gasteiger partial charge in [0, 0.05) is 18.0 Å². The van der Waals surface area contributed by atoms with Crippen LogP contribution in [0.2, 0.25) is 0 Å². The molecule has 208 valence electrons. The summed E-state index contributed by atoms with van der Waals surface area (Å²) in [6, 6.07) is 3.71. The predicted molar refractivity (Wildman–Crippen MR) is 120 cm³/mol. The third-order valence-corrected chi connectivity index (χ3v) is 7.66. The zero-order valence-electron chi connectivity index (χ0n) is 20.3. The molecule has 1 spiro atoms. The normalized spacial score (nSPS) is 29.5. The first kappa shape index (κ1) is 27.7.